The number of piperidine rings is 1. The van der Waals surface area contributed by atoms with Gasteiger partial charge in [-0.15, -0.1) is 0 Å². The summed E-state index contributed by atoms with van der Waals surface area (Å²) in [6.07, 6.45) is -1.60. The standard InChI is InChI=1S/C27H27F4N3O2/c28-21-10-8-19(9-11-21)25(23-6-3-4-14-32-23)33-26(35)20-12-15-34(16-13-20)17-18-36-24-7-2-1-5-22(24)27(29,30)31/h1-11,14,20,25H,12-13,15-18H2,(H,33,35)/t25-/m0/s1. The SMILES string of the molecule is O=C(N[C@@H](c1ccc(F)cc1)c1ccccn1)C1CCN(CCOc2ccccc2C(F)(F)F)CC1. The van der Waals surface area contributed by atoms with Crippen LogP contribution < -0.4 is 10.1 Å². The molecule has 9 heteroatoms. The van der Waals surface area contributed by atoms with Crippen molar-refractivity contribution in [2.24, 2.45) is 5.92 Å². The number of nitrogens with one attached hydrogen (secondary N) is 1. The molecule has 4 rings (SSSR count). The highest BCUT2D eigenvalue weighted by atomic mass is 19.4. The van der Waals surface area contributed by atoms with Crippen LogP contribution in [0.1, 0.15) is 35.7 Å². The number of likely N-dealkylation sites (tertiary alicyclic amines) is 1. The summed E-state index contributed by atoms with van der Waals surface area (Å²) in [5.41, 5.74) is 0.604. The lowest BCUT2D eigenvalue weighted by atomic mass is 9.94. The Balaban J connectivity index is 1.30. The van der Waals surface area contributed by atoms with Gasteiger partial charge in [-0.1, -0.05) is 30.3 Å². The topological polar surface area (TPSA) is 54.5 Å². The molecule has 1 saturated heterocycles. The number of carbonyl (C=O) groups excluding carboxylic acids is 1. The van der Waals surface area contributed by atoms with E-state index in [0.29, 0.717) is 38.2 Å². The molecule has 1 amide bonds. The summed E-state index contributed by atoms with van der Waals surface area (Å²) in [6.45, 7) is 1.85. The van der Waals surface area contributed by atoms with Gasteiger partial charge >= 0.3 is 6.18 Å². The van der Waals surface area contributed by atoms with Crippen molar-refractivity contribution in [3.05, 3.63) is 95.6 Å². The Morgan fingerprint density at radius 3 is 2.39 bits per heavy atom. The minimum atomic E-state index is -4.47. The molecule has 1 aliphatic heterocycles. The van der Waals surface area contributed by atoms with Crippen LogP contribution in [0, 0.1) is 11.7 Å². The molecule has 1 N–H and O–H groups in total. The monoisotopic (exact) mass is 501 g/mol. The van der Waals surface area contributed by atoms with E-state index < -0.39 is 17.8 Å². The number of para-hydroxylation sites is 1. The number of rotatable bonds is 8. The zero-order valence-electron chi connectivity index (χ0n) is 19.5. The molecule has 0 spiro atoms. The minimum Gasteiger partial charge on any atom is -0.492 e. The third kappa shape index (κ3) is 6.60. The van der Waals surface area contributed by atoms with Crippen molar-refractivity contribution in [2.45, 2.75) is 25.1 Å². The van der Waals surface area contributed by atoms with Crippen LogP contribution in [-0.2, 0) is 11.0 Å². The molecule has 0 bridgehead atoms. The van der Waals surface area contributed by atoms with Gasteiger partial charge in [0.1, 0.15) is 18.2 Å². The zero-order valence-corrected chi connectivity index (χ0v) is 19.5. The smallest absolute Gasteiger partial charge is 0.419 e. The summed E-state index contributed by atoms with van der Waals surface area (Å²) in [7, 11) is 0. The fourth-order valence-corrected chi connectivity index (χ4v) is 4.32. The van der Waals surface area contributed by atoms with E-state index >= 15 is 0 Å². The number of alkyl halides is 3. The lowest BCUT2D eigenvalue weighted by Gasteiger charge is -2.32. The average molecular weight is 502 g/mol. The highest BCUT2D eigenvalue weighted by Crippen LogP contribution is 2.35. The molecule has 190 valence electrons. The maximum Gasteiger partial charge on any atom is 0.419 e. The number of amides is 1. The van der Waals surface area contributed by atoms with Crippen LogP contribution in [0.5, 0.6) is 5.75 Å². The third-order valence-corrected chi connectivity index (χ3v) is 6.29. The van der Waals surface area contributed by atoms with Gasteiger partial charge in [0.2, 0.25) is 5.91 Å². The molecule has 1 aromatic heterocycles. The maximum absolute atomic E-state index is 13.4. The van der Waals surface area contributed by atoms with Crippen LogP contribution in [0.3, 0.4) is 0 Å². The lowest BCUT2D eigenvalue weighted by molar-refractivity contribution is -0.139. The molecule has 2 aromatic carbocycles. The zero-order chi connectivity index (χ0) is 25.5. The fourth-order valence-electron chi connectivity index (χ4n) is 4.32. The van der Waals surface area contributed by atoms with Crippen molar-refractivity contribution in [1.29, 1.82) is 0 Å². The number of nitrogens with zero attached hydrogens (tertiary/aromatic N) is 2. The van der Waals surface area contributed by atoms with Gasteiger partial charge in [-0.3, -0.25) is 14.7 Å². The van der Waals surface area contributed by atoms with E-state index in [1.807, 2.05) is 12.1 Å². The van der Waals surface area contributed by atoms with Crippen LogP contribution in [0.2, 0.25) is 0 Å². The summed E-state index contributed by atoms with van der Waals surface area (Å²) in [5, 5.41) is 3.06. The minimum absolute atomic E-state index is 0.106. The molecule has 1 atom stereocenters. The second-order valence-electron chi connectivity index (χ2n) is 8.71. The maximum atomic E-state index is 13.4. The quantitative estimate of drug-likeness (QED) is 0.429. The van der Waals surface area contributed by atoms with Crippen molar-refractivity contribution >= 4 is 5.91 Å². The molecular formula is C27H27F4N3O2. The average Bonchev–Trinajstić information content (AvgIpc) is 2.88. The van der Waals surface area contributed by atoms with E-state index in [1.54, 1.807) is 24.4 Å². The first-order valence-electron chi connectivity index (χ1n) is 11.8. The second kappa shape index (κ2) is 11.5. The predicted octanol–water partition coefficient (Wildman–Crippen LogP) is 5.24. The molecule has 3 aromatic rings. The highest BCUT2D eigenvalue weighted by Gasteiger charge is 2.34. The third-order valence-electron chi connectivity index (χ3n) is 6.29. The number of pyridine rings is 1. The Kier molecular flexibility index (Phi) is 8.20. The van der Waals surface area contributed by atoms with E-state index in [0.717, 1.165) is 11.6 Å². The highest BCUT2D eigenvalue weighted by molar-refractivity contribution is 5.79. The van der Waals surface area contributed by atoms with Gasteiger partial charge in [-0.2, -0.15) is 13.2 Å². The normalized spacial score (nSPS) is 15.9. The first kappa shape index (κ1) is 25.6. The molecule has 2 heterocycles. The summed E-state index contributed by atoms with van der Waals surface area (Å²) in [4.78, 5) is 19.5. The molecule has 0 aliphatic carbocycles. The van der Waals surface area contributed by atoms with Crippen LogP contribution in [0.25, 0.3) is 0 Å². The Hall–Kier alpha value is -3.46. The first-order valence-corrected chi connectivity index (χ1v) is 11.8. The molecule has 0 radical (unpaired) electrons. The van der Waals surface area contributed by atoms with Crippen molar-refractivity contribution < 1.29 is 27.1 Å². The van der Waals surface area contributed by atoms with Crippen LogP contribution >= 0.6 is 0 Å². The van der Waals surface area contributed by atoms with Crippen molar-refractivity contribution in [1.82, 2.24) is 15.2 Å². The second-order valence-corrected chi connectivity index (χ2v) is 8.71. The number of carbonyl (C=O) groups is 1. The Bertz CT molecular complexity index is 1130. The van der Waals surface area contributed by atoms with Gasteiger partial charge in [0.05, 0.1) is 17.3 Å². The molecule has 0 saturated carbocycles. The largest absolute Gasteiger partial charge is 0.492 e. The fraction of sp³-hybridized carbons (Fsp3) is 0.333. The molecule has 1 aliphatic rings. The van der Waals surface area contributed by atoms with Gasteiger partial charge < -0.3 is 10.1 Å². The number of aromatic nitrogens is 1. The Labute approximate surface area is 207 Å². The molecule has 36 heavy (non-hydrogen) atoms. The van der Waals surface area contributed by atoms with E-state index in [1.165, 1.54) is 30.3 Å². The van der Waals surface area contributed by atoms with Crippen LogP contribution in [-0.4, -0.2) is 42.0 Å². The number of hydrogen-bond acceptors (Lipinski definition) is 4. The van der Waals surface area contributed by atoms with Gasteiger partial charge in [0.25, 0.3) is 0 Å². The lowest BCUT2D eigenvalue weighted by Crippen LogP contribution is -2.43. The van der Waals surface area contributed by atoms with E-state index in [9.17, 15) is 22.4 Å². The van der Waals surface area contributed by atoms with Crippen LogP contribution in [0.15, 0.2) is 72.9 Å². The van der Waals surface area contributed by atoms with Crippen LogP contribution in [0.4, 0.5) is 17.6 Å². The Morgan fingerprint density at radius 1 is 1.03 bits per heavy atom. The Morgan fingerprint density at radius 2 is 1.72 bits per heavy atom. The number of halogens is 4. The van der Waals surface area contributed by atoms with E-state index in [4.69, 9.17) is 4.74 Å². The van der Waals surface area contributed by atoms with Crippen molar-refractivity contribution in [3.8, 4) is 5.75 Å². The van der Waals surface area contributed by atoms with Crippen molar-refractivity contribution in [2.75, 3.05) is 26.2 Å². The molecule has 1 fully saturated rings. The summed E-state index contributed by atoms with van der Waals surface area (Å²) in [5.74, 6) is -0.853. The molecular weight excluding hydrogens is 474 g/mol. The van der Waals surface area contributed by atoms with Gasteiger partial charge in [0, 0.05) is 18.7 Å². The summed E-state index contributed by atoms with van der Waals surface area (Å²) < 4.78 is 58.2. The predicted molar refractivity (Wildman–Crippen MR) is 127 cm³/mol. The summed E-state index contributed by atoms with van der Waals surface area (Å²) >= 11 is 0. The number of ether oxygens (including phenoxy) is 1. The molecule has 0 unspecified atom stereocenters. The van der Waals surface area contributed by atoms with E-state index in [-0.39, 0.29) is 30.0 Å². The summed E-state index contributed by atoms with van der Waals surface area (Å²) in [6, 6.07) is 16.1. The first-order chi connectivity index (χ1) is 17.3. The van der Waals surface area contributed by atoms with Gasteiger partial charge in [0.15, 0.2) is 0 Å². The molecule has 5 nitrogen and oxygen atoms in total. The van der Waals surface area contributed by atoms with Gasteiger partial charge in [-0.05, 0) is 67.9 Å². The number of benzene rings is 2. The van der Waals surface area contributed by atoms with E-state index in [2.05, 4.69) is 15.2 Å². The number of hydrogen-bond donors (Lipinski definition) is 1. The van der Waals surface area contributed by atoms with Gasteiger partial charge in [-0.25, -0.2) is 4.39 Å². The van der Waals surface area contributed by atoms with Crippen molar-refractivity contribution in [3.63, 3.8) is 0 Å².